The van der Waals surface area contributed by atoms with Crippen LogP contribution in [0.5, 0.6) is 0 Å². The summed E-state index contributed by atoms with van der Waals surface area (Å²) in [6.45, 7) is 9.43. The minimum absolute atomic E-state index is 0.264. The van der Waals surface area contributed by atoms with Crippen molar-refractivity contribution < 1.29 is 13.2 Å². The van der Waals surface area contributed by atoms with Crippen LogP contribution in [0.15, 0.2) is 4.99 Å². The van der Waals surface area contributed by atoms with E-state index in [4.69, 9.17) is 0 Å². The van der Waals surface area contributed by atoms with Crippen LogP contribution in [-0.4, -0.2) is 81.3 Å². The van der Waals surface area contributed by atoms with Gasteiger partial charge in [0.1, 0.15) is 0 Å². The molecule has 5 nitrogen and oxygen atoms in total. The Hall–Kier alpha value is -1.02. The lowest BCUT2D eigenvalue weighted by Crippen LogP contribution is -2.45. The van der Waals surface area contributed by atoms with Crippen molar-refractivity contribution in [2.24, 2.45) is 4.99 Å². The molecule has 0 aliphatic carbocycles. The molecule has 24 heavy (non-hydrogen) atoms. The van der Waals surface area contributed by atoms with Gasteiger partial charge < -0.3 is 15.5 Å². The highest BCUT2D eigenvalue weighted by atomic mass is 19.4. The summed E-state index contributed by atoms with van der Waals surface area (Å²) in [6, 6.07) is 0.264. The fourth-order valence-corrected chi connectivity index (χ4v) is 2.41. The molecular formula is C16H34F3N5. The molecule has 0 bridgehead atoms. The number of rotatable bonds is 11. The van der Waals surface area contributed by atoms with Crippen LogP contribution in [0.2, 0.25) is 0 Å². The number of hydrogen-bond acceptors (Lipinski definition) is 3. The molecule has 0 rings (SSSR count). The molecule has 0 aromatic rings. The van der Waals surface area contributed by atoms with Crippen LogP contribution in [-0.2, 0) is 0 Å². The van der Waals surface area contributed by atoms with Crippen LogP contribution >= 0.6 is 0 Å². The fourth-order valence-electron chi connectivity index (χ4n) is 2.41. The predicted octanol–water partition coefficient (Wildman–Crippen LogP) is 2.16. The summed E-state index contributed by atoms with van der Waals surface area (Å²) in [5.41, 5.74) is 0. The van der Waals surface area contributed by atoms with Gasteiger partial charge in [-0.2, -0.15) is 13.2 Å². The van der Waals surface area contributed by atoms with E-state index in [0.717, 1.165) is 32.5 Å². The van der Waals surface area contributed by atoms with E-state index in [-0.39, 0.29) is 6.04 Å². The number of guanidine groups is 1. The second-order valence-corrected chi connectivity index (χ2v) is 6.07. The van der Waals surface area contributed by atoms with E-state index in [1.807, 2.05) is 0 Å². The molecule has 0 aliphatic rings. The first kappa shape index (κ1) is 23.0. The van der Waals surface area contributed by atoms with Crippen molar-refractivity contribution in [3.8, 4) is 0 Å². The first-order valence-corrected chi connectivity index (χ1v) is 8.66. The fraction of sp³-hybridized carbons (Fsp3) is 0.938. The van der Waals surface area contributed by atoms with Gasteiger partial charge in [0.2, 0.25) is 0 Å². The SMILES string of the molecule is CCN(CC)CCCC(C)NC(=NC)NCCN(C)CC(F)(F)F. The molecule has 0 saturated carbocycles. The maximum atomic E-state index is 12.3. The van der Waals surface area contributed by atoms with Gasteiger partial charge in [0, 0.05) is 26.2 Å². The Morgan fingerprint density at radius 1 is 1.17 bits per heavy atom. The molecule has 144 valence electrons. The lowest BCUT2D eigenvalue weighted by Gasteiger charge is -2.22. The smallest absolute Gasteiger partial charge is 0.355 e. The van der Waals surface area contributed by atoms with Gasteiger partial charge in [-0.1, -0.05) is 13.8 Å². The van der Waals surface area contributed by atoms with Gasteiger partial charge in [0.15, 0.2) is 5.96 Å². The number of nitrogens with one attached hydrogen (secondary N) is 2. The third-order valence-electron chi connectivity index (χ3n) is 3.85. The molecule has 2 N–H and O–H groups in total. The lowest BCUT2D eigenvalue weighted by atomic mass is 10.2. The van der Waals surface area contributed by atoms with Crippen LogP contribution in [0.4, 0.5) is 13.2 Å². The Morgan fingerprint density at radius 2 is 1.79 bits per heavy atom. The number of hydrogen-bond donors (Lipinski definition) is 2. The molecule has 0 spiro atoms. The zero-order valence-electron chi connectivity index (χ0n) is 15.7. The maximum absolute atomic E-state index is 12.3. The number of aliphatic imine (C=N–C) groups is 1. The quantitative estimate of drug-likeness (QED) is 0.441. The first-order chi connectivity index (χ1) is 11.2. The Morgan fingerprint density at radius 3 is 2.29 bits per heavy atom. The number of alkyl halides is 3. The van der Waals surface area contributed by atoms with Gasteiger partial charge in [0.05, 0.1) is 6.54 Å². The molecule has 0 aromatic carbocycles. The van der Waals surface area contributed by atoms with Crippen LogP contribution in [0.3, 0.4) is 0 Å². The standard InChI is InChI=1S/C16H34F3N5/c1-6-24(7-2)11-8-9-14(3)22-15(20-4)21-10-12-23(5)13-16(17,18)19/h14H,6-13H2,1-5H3,(H2,20,21,22). The monoisotopic (exact) mass is 353 g/mol. The van der Waals surface area contributed by atoms with Crippen molar-refractivity contribution in [2.45, 2.75) is 45.8 Å². The van der Waals surface area contributed by atoms with Gasteiger partial charge in [-0.15, -0.1) is 0 Å². The second kappa shape index (κ2) is 12.4. The normalized spacial score (nSPS) is 14.3. The molecule has 0 radical (unpaired) electrons. The molecule has 0 saturated heterocycles. The summed E-state index contributed by atoms with van der Waals surface area (Å²) in [5, 5.41) is 6.34. The third kappa shape index (κ3) is 12.4. The molecule has 0 fully saturated rings. The minimum Gasteiger partial charge on any atom is -0.355 e. The molecular weight excluding hydrogens is 319 g/mol. The Bertz CT molecular complexity index is 343. The average Bonchev–Trinajstić information content (AvgIpc) is 2.48. The molecule has 1 atom stereocenters. The summed E-state index contributed by atoms with van der Waals surface area (Å²) < 4.78 is 36.8. The summed E-state index contributed by atoms with van der Waals surface area (Å²) in [7, 11) is 3.12. The van der Waals surface area contributed by atoms with Gasteiger partial charge in [0.25, 0.3) is 0 Å². The first-order valence-electron chi connectivity index (χ1n) is 8.66. The van der Waals surface area contributed by atoms with Crippen LogP contribution < -0.4 is 10.6 Å². The van der Waals surface area contributed by atoms with Crippen molar-refractivity contribution in [1.82, 2.24) is 20.4 Å². The van der Waals surface area contributed by atoms with Crippen molar-refractivity contribution in [1.29, 1.82) is 0 Å². The van der Waals surface area contributed by atoms with E-state index in [2.05, 4.69) is 41.3 Å². The summed E-state index contributed by atoms with van der Waals surface area (Å²) in [5.74, 6) is 0.630. The Labute approximate surface area is 144 Å². The largest absolute Gasteiger partial charge is 0.401 e. The van der Waals surface area contributed by atoms with Crippen LogP contribution in [0.1, 0.15) is 33.6 Å². The van der Waals surface area contributed by atoms with Crippen molar-refractivity contribution in [3.05, 3.63) is 0 Å². The number of halogens is 3. The number of likely N-dealkylation sites (N-methyl/N-ethyl adjacent to an activating group) is 1. The van der Waals surface area contributed by atoms with E-state index in [0.29, 0.717) is 19.0 Å². The summed E-state index contributed by atoms with van der Waals surface area (Å²) in [4.78, 5) is 7.75. The maximum Gasteiger partial charge on any atom is 0.401 e. The van der Waals surface area contributed by atoms with E-state index in [1.165, 1.54) is 11.9 Å². The highest BCUT2D eigenvalue weighted by Gasteiger charge is 2.28. The van der Waals surface area contributed by atoms with Gasteiger partial charge in [-0.05, 0) is 46.4 Å². The van der Waals surface area contributed by atoms with Crippen LogP contribution in [0, 0.1) is 0 Å². The van der Waals surface area contributed by atoms with E-state index >= 15 is 0 Å². The van der Waals surface area contributed by atoms with Crippen LogP contribution in [0.25, 0.3) is 0 Å². The Balaban J connectivity index is 3.97. The molecule has 0 amide bonds. The topological polar surface area (TPSA) is 42.9 Å². The molecule has 1 unspecified atom stereocenters. The third-order valence-corrected chi connectivity index (χ3v) is 3.85. The zero-order chi connectivity index (χ0) is 18.6. The molecule has 0 aliphatic heterocycles. The molecule has 0 aromatic heterocycles. The highest BCUT2D eigenvalue weighted by Crippen LogP contribution is 2.14. The minimum atomic E-state index is -4.16. The van der Waals surface area contributed by atoms with E-state index < -0.39 is 12.7 Å². The second-order valence-electron chi connectivity index (χ2n) is 6.07. The molecule has 8 heteroatoms. The van der Waals surface area contributed by atoms with Crippen molar-refractivity contribution in [3.63, 3.8) is 0 Å². The predicted molar refractivity (Wildman–Crippen MR) is 94.5 cm³/mol. The van der Waals surface area contributed by atoms with Gasteiger partial charge in [-0.25, -0.2) is 0 Å². The van der Waals surface area contributed by atoms with E-state index in [9.17, 15) is 13.2 Å². The summed E-state index contributed by atoms with van der Waals surface area (Å²) in [6.07, 6.45) is -2.04. The van der Waals surface area contributed by atoms with E-state index in [1.54, 1.807) is 7.05 Å². The number of nitrogens with zero attached hydrogens (tertiary/aromatic N) is 3. The zero-order valence-corrected chi connectivity index (χ0v) is 15.7. The van der Waals surface area contributed by atoms with Gasteiger partial charge >= 0.3 is 6.18 Å². The van der Waals surface area contributed by atoms with Crippen molar-refractivity contribution in [2.75, 3.05) is 53.4 Å². The van der Waals surface area contributed by atoms with Crippen molar-refractivity contribution >= 4 is 5.96 Å². The highest BCUT2D eigenvalue weighted by molar-refractivity contribution is 5.79. The lowest BCUT2D eigenvalue weighted by molar-refractivity contribution is -0.142. The summed E-state index contributed by atoms with van der Waals surface area (Å²) >= 11 is 0. The Kier molecular flexibility index (Phi) is 11.8. The molecule has 0 heterocycles. The van der Waals surface area contributed by atoms with Gasteiger partial charge in [-0.3, -0.25) is 9.89 Å². The average molecular weight is 353 g/mol.